The molecule has 0 bridgehead atoms. The monoisotopic (exact) mass is 675 g/mol. The molecule has 1 fully saturated rings. The first-order chi connectivity index (χ1) is 23.1. The van der Waals surface area contributed by atoms with Crippen molar-refractivity contribution >= 4 is 28.1 Å². The van der Waals surface area contributed by atoms with Gasteiger partial charge >= 0.3 is 5.97 Å². The van der Waals surface area contributed by atoms with E-state index >= 15 is 0 Å². The number of aryl methyl sites for hydroxylation is 1. The van der Waals surface area contributed by atoms with Crippen LogP contribution in [0.15, 0.2) is 27.4 Å². The van der Waals surface area contributed by atoms with Gasteiger partial charge in [0.2, 0.25) is 17.5 Å². The maximum absolute atomic E-state index is 11.6. The lowest BCUT2D eigenvalue weighted by molar-refractivity contribution is -0.140. The van der Waals surface area contributed by atoms with Crippen molar-refractivity contribution in [2.75, 3.05) is 43.4 Å². The normalized spacial score (nSPS) is 20.7. The van der Waals surface area contributed by atoms with Gasteiger partial charge in [-0.3, -0.25) is 4.79 Å². The molecule has 1 aliphatic heterocycles. The molecule has 0 saturated carbocycles. The van der Waals surface area contributed by atoms with E-state index in [9.17, 15) is 15.2 Å². The number of carboxylic acid groups (broad SMARTS) is 1. The average molecular weight is 676 g/mol. The highest BCUT2D eigenvalue weighted by Gasteiger charge is 2.43. The molecule has 48 heavy (non-hydrogen) atoms. The van der Waals surface area contributed by atoms with Crippen molar-refractivity contribution in [3.8, 4) is 23.6 Å². The zero-order valence-corrected chi connectivity index (χ0v) is 28.5. The van der Waals surface area contributed by atoms with Crippen molar-refractivity contribution in [3.05, 3.63) is 46.0 Å². The van der Waals surface area contributed by atoms with E-state index in [1.807, 2.05) is 26.8 Å². The number of rotatable bonds is 11. The number of carboxylic acids is 1. The van der Waals surface area contributed by atoms with Crippen LogP contribution in [0.3, 0.4) is 0 Å². The Hall–Kier alpha value is -4.55. The summed E-state index contributed by atoms with van der Waals surface area (Å²) in [5.74, 6) is 0.722. The Kier molecular flexibility index (Phi) is 9.66. The molecule has 3 N–H and O–H groups in total. The van der Waals surface area contributed by atoms with E-state index in [4.69, 9.17) is 29.5 Å². The Morgan fingerprint density at radius 3 is 2.85 bits per heavy atom. The smallest absolute Gasteiger partial charge is 0.314 e. The molecular weight excluding hydrogens is 634 g/mol. The van der Waals surface area contributed by atoms with Crippen LogP contribution in [0.25, 0.3) is 11.6 Å². The van der Waals surface area contributed by atoms with Gasteiger partial charge in [0.1, 0.15) is 22.8 Å². The lowest BCUT2D eigenvalue weighted by Crippen LogP contribution is -2.40. The van der Waals surface area contributed by atoms with Gasteiger partial charge in [-0.25, -0.2) is 9.97 Å². The number of thiophene rings is 1. The van der Waals surface area contributed by atoms with E-state index in [2.05, 4.69) is 38.1 Å². The Labute approximate surface area is 282 Å². The number of ether oxygens (including phenoxy) is 1. The minimum atomic E-state index is -0.942. The second kappa shape index (κ2) is 13.9. The lowest BCUT2D eigenvalue weighted by atomic mass is 9.72. The number of hydrogen-bond donors (Lipinski definition) is 2. The number of aromatic nitrogens is 5. The number of fused-ring (bicyclic) bond motifs is 1. The van der Waals surface area contributed by atoms with Crippen molar-refractivity contribution in [3.63, 3.8) is 0 Å². The van der Waals surface area contributed by atoms with Crippen LogP contribution in [0.2, 0.25) is 0 Å². The summed E-state index contributed by atoms with van der Waals surface area (Å²) >= 11 is 1.47. The molecule has 4 aromatic rings. The third-order valence-corrected chi connectivity index (χ3v) is 10.4. The van der Waals surface area contributed by atoms with Crippen molar-refractivity contribution in [1.29, 1.82) is 5.26 Å². The fraction of sp³-hybridized carbons (Fsp3) is 0.545. The van der Waals surface area contributed by atoms with Crippen LogP contribution in [-0.4, -0.2) is 80.1 Å². The fourth-order valence-electron chi connectivity index (χ4n) is 6.94. The predicted molar refractivity (Wildman–Crippen MR) is 178 cm³/mol. The van der Waals surface area contributed by atoms with Crippen LogP contribution in [-0.2, 0) is 16.6 Å². The number of nitriles is 1. The van der Waals surface area contributed by atoms with Crippen LogP contribution in [0.1, 0.15) is 87.0 Å². The second-order valence-corrected chi connectivity index (χ2v) is 14.3. The summed E-state index contributed by atoms with van der Waals surface area (Å²) in [6.45, 7) is 11.8. The quantitative estimate of drug-likeness (QED) is 0.205. The second-order valence-electron chi connectivity index (χ2n) is 13.1. The van der Waals surface area contributed by atoms with Gasteiger partial charge in [-0.05, 0) is 69.6 Å². The first kappa shape index (κ1) is 33.4. The molecule has 254 valence electrons. The van der Waals surface area contributed by atoms with Gasteiger partial charge in [-0.1, -0.05) is 19.0 Å². The Balaban J connectivity index is 1.07. The highest BCUT2D eigenvalue weighted by molar-refractivity contribution is 7.16. The summed E-state index contributed by atoms with van der Waals surface area (Å²) in [7, 11) is 0. The molecule has 1 aliphatic carbocycles. The predicted octanol–water partition coefficient (Wildman–Crippen LogP) is 4.87. The van der Waals surface area contributed by atoms with E-state index in [1.165, 1.54) is 11.3 Å². The SMILES string of the molecule is CC(C)C(C(=O)O)c1cc(OCCCN2CCCN(c3ccnc(-c4noc([C@@]5(C)CCCc6sc(N)c(C#N)c65)n4)n3)[C@@H](C)C2)no1. The van der Waals surface area contributed by atoms with Gasteiger partial charge in [-0.2, -0.15) is 10.2 Å². The molecule has 3 atom stereocenters. The van der Waals surface area contributed by atoms with E-state index < -0.39 is 17.3 Å². The number of hydrogen-bond acceptors (Lipinski definition) is 14. The summed E-state index contributed by atoms with van der Waals surface area (Å²) in [5.41, 5.74) is 7.00. The van der Waals surface area contributed by atoms with Crippen molar-refractivity contribution in [2.24, 2.45) is 5.92 Å². The first-order valence-electron chi connectivity index (χ1n) is 16.4. The lowest BCUT2D eigenvalue weighted by Gasteiger charge is -2.30. The zero-order chi connectivity index (χ0) is 34.0. The van der Waals surface area contributed by atoms with Crippen LogP contribution in [0.5, 0.6) is 5.88 Å². The Bertz CT molecular complexity index is 1800. The van der Waals surface area contributed by atoms with Crippen LogP contribution < -0.4 is 15.4 Å². The molecule has 0 spiro atoms. The molecule has 1 saturated heterocycles. The standard InChI is InChI=1S/C33H41N9O5S/c1-19(2)26(31(43)44)22-16-25(39-46-22)45-15-7-13-41-12-6-14-42(20(3)18-41)24-9-11-36-29(37-24)30-38-32(47-40-30)33(4)10-5-8-23-27(33)21(17-34)28(35)48-23/h9,11,16,19-20,26H,5-8,10,12-15,18,35H2,1-4H3,(H,43,44)/t20-,26?,33-/m0/s1. The molecule has 0 aromatic carbocycles. The largest absolute Gasteiger partial charge is 0.481 e. The highest BCUT2D eigenvalue weighted by atomic mass is 32.1. The van der Waals surface area contributed by atoms with E-state index in [1.54, 1.807) is 12.3 Å². The maximum atomic E-state index is 11.6. The number of aliphatic carboxylic acids is 1. The van der Waals surface area contributed by atoms with E-state index in [0.29, 0.717) is 46.4 Å². The van der Waals surface area contributed by atoms with Gasteiger partial charge in [0.25, 0.3) is 5.88 Å². The fourth-order valence-corrected chi connectivity index (χ4v) is 8.13. The molecule has 14 nitrogen and oxygen atoms in total. The Morgan fingerprint density at radius 2 is 2.08 bits per heavy atom. The molecular formula is C33H41N9O5S. The first-order valence-corrected chi connectivity index (χ1v) is 17.2. The number of nitrogens with zero attached hydrogens (tertiary/aromatic N) is 8. The topological polar surface area (TPSA) is 194 Å². The minimum absolute atomic E-state index is 0.126. The van der Waals surface area contributed by atoms with Gasteiger partial charge in [0.05, 0.1) is 17.6 Å². The third-order valence-electron chi connectivity index (χ3n) is 9.33. The molecule has 6 rings (SSSR count). The van der Waals surface area contributed by atoms with E-state index in [0.717, 1.165) is 74.5 Å². The third kappa shape index (κ3) is 6.59. The summed E-state index contributed by atoms with van der Waals surface area (Å²) < 4.78 is 16.9. The summed E-state index contributed by atoms with van der Waals surface area (Å²) in [6, 6.07) is 5.96. The van der Waals surface area contributed by atoms with Gasteiger partial charge in [-0.15, -0.1) is 11.3 Å². The van der Waals surface area contributed by atoms with Crippen molar-refractivity contribution in [1.82, 2.24) is 30.2 Å². The van der Waals surface area contributed by atoms with Crippen molar-refractivity contribution in [2.45, 2.75) is 77.2 Å². The molecule has 2 aliphatic rings. The van der Waals surface area contributed by atoms with Gasteiger partial charge in [0.15, 0.2) is 5.76 Å². The van der Waals surface area contributed by atoms with Crippen LogP contribution in [0.4, 0.5) is 10.8 Å². The minimum Gasteiger partial charge on any atom is -0.481 e. The zero-order valence-electron chi connectivity index (χ0n) is 27.7. The molecule has 15 heteroatoms. The summed E-state index contributed by atoms with van der Waals surface area (Å²) in [4.78, 5) is 31.5. The Morgan fingerprint density at radius 1 is 1.25 bits per heavy atom. The number of carbonyl (C=O) groups is 1. The average Bonchev–Trinajstić information content (AvgIpc) is 3.77. The number of nitrogens with two attached hydrogens (primary N) is 1. The molecule has 1 unspecified atom stereocenters. The van der Waals surface area contributed by atoms with Gasteiger partial charge < -0.3 is 34.4 Å². The molecule has 4 aromatic heterocycles. The highest BCUT2D eigenvalue weighted by Crippen LogP contribution is 2.48. The van der Waals surface area contributed by atoms with Crippen molar-refractivity contribution < 1.29 is 23.7 Å². The van der Waals surface area contributed by atoms with E-state index in [-0.39, 0.29) is 12.0 Å². The van der Waals surface area contributed by atoms with Crippen LogP contribution >= 0.6 is 11.3 Å². The number of nitrogen functional groups attached to an aromatic ring is 1. The molecule has 0 amide bonds. The molecule has 0 radical (unpaired) electrons. The maximum Gasteiger partial charge on any atom is 0.314 e. The summed E-state index contributed by atoms with van der Waals surface area (Å²) in [6.07, 6.45) is 6.06. The number of anilines is 2. The summed E-state index contributed by atoms with van der Waals surface area (Å²) in [5, 5.41) is 28.0. The molecule has 5 heterocycles. The van der Waals surface area contributed by atoms with Gasteiger partial charge in [0, 0.05) is 48.4 Å². The van der Waals surface area contributed by atoms with Crippen LogP contribution in [0, 0.1) is 17.2 Å².